The van der Waals surface area contributed by atoms with Crippen LogP contribution in [0.2, 0.25) is 0 Å². The van der Waals surface area contributed by atoms with Gasteiger partial charge in [0.05, 0.1) is 0 Å². The molecule has 1 aliphatic carbocycles. The molecule has 0 spiro atoms. The third-order valence-corrected chi connectivity index (χ3v) is 5.43. The molecule has 2 fully saturated rings. The maximum absolute atomic E-state index is 3.83. The van der Waals surface area contributed by atoms with Crippen molar-refractivity contribution in [3.8, 4) is 0 Å². The zero-order chi connectivity index (χ0) is 14.2. The first kappa shape index (κ1) is 16.3. The van der Waals surface area contributed by atoms with Crippen LogP contribution in [0.25, 0.3) is 0 Å². The lowest BCUT2D eigenvalue weighted by molar-refractivity contribution is 0.124. The molecule has 2 aliphatic rings. The van der Waals surface area contributed by atoms with Gasteiger partial charge in [-0.05, 0) is 64.1 Å². The van der Waals surface area contributed by atoms with Gasteiger partial charge in [0.1, 0.15) is 0 Å². The van der Waals surface area contributed by atoms with Crippen LogP contribution in [-0.4, -0.2) is 36.6 Å². The van der Waals surface area contributed by atoms with Crippen LogP contribution in [0.3, 0.4) is 0 Å². The van der Waals surface area contributed by atoms with Crippen LogP contribution in [0, 0.1) is 5.92 Å². The van der Waals surface area contributed by atoms with Gasteiger partial charge in [0, 0.05) is 12.1 Å². The van der Waals surface area contributed by atoms with Gasteiger partial charge in [-0.15, -0.1) is 0 Å². The molecule has 1 aliphatic heterocycles. The Labute approximate surface area is 126 Å². The lowest BCUT2D eigenvalue weighted by atomic mass is 9.88. The number of likely N-dealkylation sites (tertiary alicyclic amines) is 1. The van der Waals surface area contributed by atoms with Crippen LogP contribution < -0.4 is 5.32 Å². The largest absolute Gasteiger partial charge is 0.312 e. The van der Waals surface area contributed by atoms with Crippen molar-refractivity contribution in [2.24, 2.45) is 5.92 Å². The van der Waals surface area contributed by atoms with Crippen LogP contribution >= 0.6 is 0 Å². The van der Waals surface area contributed by atoms with Gasteiger partial charge in [0.15, 0.2) is 0 Å². The van der Waals surface area contributed by atoms with Crippen molar-refractivity contribution in [1.82, 2.24) is 10.2 Å². The van der Waals surface area contributed by atoms with Gasteiger partial charge in [0.25, 0.3) is 0 Å². The number of nitrogens with one attached hydrogen (secondary N) is 1. The summed E-state index contributed by atoms with van der Waals surface area (Å²) in [6.45, 7) is 8.54. The average molecular weight is 280 g/mol. The average Bonchev–Trinajstić information content (AvgIpc) is 2.71. The summed E-state index contributed by atoms with van der Waals surface area (Å²) in [5.74, 6) is 1.01. The molecule has 2 nitrogen and oxygen atoms in total. The smallest absolute Gasteiger partial charge is 0.0249 e. The molecule has 1 heterocycles. The fourth-order valence-electron chi connectivity index (χ4n) is 4.33. The van der Waals surface area contributed by atoms with E-state index in [1.165, 1.54) is 83.8 Å². The highest BCUT2D eigenvalue weighted by atomic mass is 15.2. The van der Waals surface area contributed by atoms with Crippen molar-refractivity contribution in [3.63, 3.8) is 0 Å². The minimum absolute atomic E-state index is 0.770. The maximum Gasteiger partial charge on any atom is 0.0249 e. The molecule has 1 saturated carbocycles. The van der Waals surface area contributed by atoms with Crippen LogP contribution in [-0.2, 0) is 0 Å². The Hall–Kier alpha value is -0.0800. The lowest BCUT2D eigenvalue weighted by Crippen LogP contribution is -2.52. The van der Waals surface area contributed by atoms with Gasteiger partial charge >= 0.3 is 0 Å². The SMILES string of the molecule is CCCNC1CCCCC1N1CCCC(CCC)CC1. The van der Waals surface area contributed by atoms with Crippen LogP contribution in [0.4, 0.5) is 0 Å². The molecule has 1 N–H and O–H groups in total. The number of hydrogen-bond acceptors (Lipinski definition) is 2. The predicted octanol–water partition coefficient (Wildman–Crippen LogP) is 4.20. The van der Waals surface area contributed by atoms with Gasteiger partial charge < -0.3 is 5.32 Å². The van der Waals surface area contributed by atoms with E-state index in [9.17, 15) is 0 Å². The highest BCUT2D eigenvalue weighted by Gasteiger charge is 2.30. The predicted molar refractivity (Wildman–Crippen MR) is 88.2 cm³/mol. The van der Waals surface area contributed by atoms with Crippen molar-refractivity contribution < 1.29 is 0 Å². The zero-order valence-corrected chi connectivity index (χ0v) is 13.9. The van der Waals surface area contributed by atoms with E-state index in [1.54, 1.807) is 0 Å². The Morgan fingerprint density at radius 1 is 0.900 bits per heavy atom. The fraction of sp³-hybridized carbons (Fsp3) is 1.00. The summed E-state index contributed by atoms with van der Waals surface area (Å²) in [6, 6.07) is 1.60. The summed E-state index contributed by atoms with van der Waals surface area (Å²) in [5.41, 5.74) is 0. The normalized spacial score (nSPS) is 33.0. The van der Waals surface area contributed by atoms with Crippen molar-refractivity contribution >= 4 is 0 Å². The molecule has 0 amide bonds. The molecular formula is C18H36N2. The first-order chi connectivity index (χ1) is 9.85. The molecule has 0 aromatic rings. The molecule has 0 aromatic carbocycles. The Morgan fingerprint density at radius 2 is 1.75 bits per heavy atom. The topological polar surface area (TPSA) is 15.3 Å². The van der Waals surface area contributed by atoms with E-state index >= 15 is 0 Å². The summed E-state index contributed by atoms with van der Waals surface area (Å²) >= 11 is 0. The van der Waals surface area contributed by atoms with Crippen molar-refractivity contribution in [1.29, 1.82) is 0 Å². The summed E-state index contributed by atoms with van der Waals surface area (Å²) in [7, 11) is 0. The van der Waals surface area contributed by atoms with Gasteiger partial charge in [0.2, 0.25) is 0 Å². The highest BCUT2D eigenvalue weighted by Crippen LogP contribution is 2.28. The first-order valence-electron chi connectivity index (χ1n) is 9.32. The molecule has 0 bridgehead atoms. The standard InChI is InChI=1S/C18H36N2/c1-3-8-16-9-7-14-20(15-12-16)18-11-6-5-10-17(18)19-13-4-2/h16-19H,3-15H2,1-2H3. The third-order valence-electron chi connectivity index (χ3n) is 5.43. The minimum atomic E-state index is 0.770. The number of nitrogens with zero attached hydrogens (tertiary/aromatic N) is 1. The summed E-state index contributed by atoms with van der Waals surface area (Å²) < 4.78 is 0. The minimum Gasteiger partial charge on any atom is -0.312 e. The molecule has 0 aromatic heterocycles. The highest BCUT2D eigenvalue weighted by molar-refractivity contribution is 4.89. The van der Waals surface area contributed by atoms with E-state index in [4.69, 9.17) is 0 Å². The van der Waals surface area contributed by atoms with Gasteiger partial charge in [-0.2, -0.15) is 0 Å². The quantitative estimate of drug-likeness (QED) is 0.784. The Morgan fingerprint density at radius 3 is 2.55 bits per heavy atom. The van der Waals surface area contributed by atoms with Crippen LogP contribution in [0.5, 0.6) is 0 Å². The monoisotopic (exact) mass is 280 g/mol. The summed E-state index contributed by atoms with van der Waals surface area (Å²) in [5, 5.41) is 3.83. The molecule has 118 valence electrons. The Balaban J connectivity index is 1.87. The molecule has 20 heavy (non-hydrogen) atoms. The molecule has 2 rings (SSSR count). The molecule has 0 radical (unpaired) electrons. The van der Waals surface area contributed by atoms with Crippen LogP contribution in [0.1, 0.15) is 78.1 Å². The number of hydrogen-bond donors (Lipinski definition) is 1. The molecular weight excluding hydrogens is 244 g/mol. The van der Waals surface area contributed by atoms with E-state index in [0.29, 0.717) is 0 Å². The second-order valence-corrected chi connectivity index (χ2v) is 7.03. The third kappa shape index (κ3) is 4.73. The lowest BCUT2D eigenvalue weighted by Gasteiger charge is -2.40. The Bertz CT molecular complexity index is 254. The fourth-order valence-corrected chi connectivity index (χ4v) is 4.33. The maximum atomic E-state index is 3.83. The summed E-state index contributed by atoms with van der Waals surface area (Å²) in [4.78, 5) is 2.85. The Kier molecular flexibility index (Phi) is 7.37. The zero-order valence-electron chi connectivity index (χ0n) is 13.9. The molecule has 1 saturated heterocycles. The number of rotatable bonds is 6. The molecule has 3 atom stereocenters. The summed E-state index contributed by atoms with van der Waals surface area (Å²) in [6.07, 6.45) is 14.2. The molecule has 3 unspecified atom stereocenters. The van der Waals surface area contributed by atoms with Crippen molar-refractivity contribution in [3.05, 3.63) is 0 Å². The second-order valence-electron chi connectivity index (χ2n) is 7.03. The van der Waals surface area contributed by atoms with Gasteiger partial charge in [-0.1, -0.05) is 39.5 Å². The van der Waals surface area contributed by atoms with E-state index in [-0.39, 0.29) is 0 Å². The van der Waals surface area contributed by atoms with Gasteiger partial charge in [-0.25, -0.2) is 0 Å². The van der Waals surface area contributed by atoms with E-state index < -0.39 is 0 Å². The van der Waals surface area contributed by atoms with E-state index in [1.807, 2.05) is 0 Å². The molecule has 2 heteroatoms. The van der Waals surface area contributed by atoms with E-state index in [0.717, 1.165) is 18.0 Å². The van der Waals surface area contributed by atoms with Crippen molar-refractivity contribution in [2.75, 3.05) is 19.6 Å². The second kappa shape index (κ2) is 9.04. The van der Waals surface area contributed by atoms with Crippen LogP contribution in [0.15, 0.2) is 0 Å². The van der Waals surface area contributed by atoms with E-state index in [2.05, 4.69) is 24.1 Å². The first-order valence-corrected chi connectivity index (χ1v) is 9.32. The van der Waals surface area contributed by atoms with Gasteiger partial charge in [-0.3, -0.25) is 4.90 Å². The van der Waals surface area contributed by atoms with Crippen molar-refractivity contribution in [2.45, 2.75) is 90.1 Å².